The normalized spacial score (nSPS) is 11.7. The lowest BCUT2D eigenvalue weighted by Gasteiger charge is -2.15. The summed E-state index contributed by atoms with van der Waals surface area (Å²) in [6, 6.07) is 17.4. The summed E-state index contributed by atoms with van der Waals surface area (Å²) in [7, 11) is 1.49. The first-order valence-corrected chi connectivity index (χ1v) is 10.6. The van der Waals surface area contributed by atoms with Crippen LogP contribution >= 0.6 is 11.6 Å². The molecule has 0 aliphatic heterocycles. The molecule has 0 fully saturated rings. The van der Waals surface area contributed by atoms with E-state index in [0.717, 1.165) is 16.7 Å². The van der Waals surface area contributed by atoms with Crippen molar-refractivity contribution in [2.45, 2.75) is 12.8 Å². The van der Waals surface area contributed by atoms with Gasteiger partial charge in [0.2, 0.25) is 0 Å². The molecule has 0 saturated carbocycles. The van der Waals surface area contributed by atoms with Crippen LogP contribution in [0.1, 0.15) is 28.8 Å². The minimum Gasteiger partial charge on any atom is -0.493 e. The van der Waals surface area contributed by atoms with Gasteiger partial charge in [-0.2, -0.15) is 0 Å². The van der Waals surface area contributed by atoms with E-state index in [1.54, 1.807) is 30.3 Å². The third-order valence-corrected chi connectivity index (χ3v) is 5.34. The SMILES string of the molecule is COc1cc(C(=O)NCC(C)c2cccc(-c3ccc(F)c(Cl)c3)c2)ccc1OCCO. The highest BCUT2D eigenvalue weighted by Crippen LogP contribution is 2.29. The van der Waals surface area contributed by atoms with Gasteiger partial charge in [0, 0.05) is 12.1 Å². The minimum absolute atomic E-state index is 0.0453. The highest BCUT2D eigenvalue weighted by molar-refractivity contribution is 6.31. The Morgan fingerprint density at radius 2 is 1.88 bits per heavy atom. The molecule has 3 rings (SSSR count). The van der Waals surface area contributed by atoms with Crippen LogP contribution in [-0.2, 0) is 0 Å². The second kappa shape index (κ2) is 11.0. The predicted octanol–water partition coefficient (Wildman–Crippen LogP) is 5.06. The van der Waals surface area contributed by atoms with Crippen LogP contribution in [0.15, 0.2) is 60.7 Å². The van der Waals surface area contributed by atoms with Gasteiger partial charge >= 0.3 is 0 Å². The van der Waals surface area contributed by atoms with E-state index in [2.05, 4.69) is 5.32 Å². The molecule has 5 nitrogen and oxygen atoms in total. The van der Waals surface area contributed by atoms with Gasteiger partial charge in [-0.25, -0.2) is 4.39 Å². The van der Waals surface area contributed by atoms with E-state index in [0.29, 0.717) is 23.6 Å². The molecule has 1 unspecified atom stereocenters. The number of aliphatic hydroxyl groups is 1. The molecule has 0 aromatic heterocycles. The Morgan fingerprint density at radius 3 is 2.59 bits per heavy atom. The third-order valence-electron chi connectivity index (χ3n) is 5.05. The summed E-state index contributed by atoms with van der Waals surface area (Å²) >= 11 is 5.91. The molecule has 0 radical (unpaired) electrons. The van der Waals surface area contributed by atoms with E-state index in [-0.39, 0.29) is 30.1 Å². The summed E-state index contributed by atoms with van der Waals surface area (Å²) in [5, 5.41) is 11.9. The number of rotatable bonds is 9. The Labute approximate surface area is 191 Å². The van der Waals surface area contributed by atoms with Crippen molar-refractivity contribution in [3.63, 3.8) is 0 Å². The average Bonchev–Trinajstić information content (AvgIpc) is 2.82. The zero-order valence-corrected chi connectivity index (χ0v) is 18.7. The number of aliphatic hydroxyl groups excluding tert-OH is 1. The molecule has 1 amide bonds. The maximum absolute atomic E-state index is 13.5. The number of halogens is 2. The van der Waals surface area contributed by atoms with Crippen LogP contribution in [0.5, 0.6) is 11.5 Å². The summed E-state index contributed by atoms with van der Waals surface area (Å²) in [4.78, 5) is 12.6. The number of hydrogen-bond acceptors (Lipinski definition) is 4. The smallest absolute Gasteiger partial charge is 0.251 e. The van der Waals surface area contributed by atoms with Gasteiger partial charge in [-0.1, -0.05) is 48.9 Å². The van der Waals surface area contributed by atoms with E-state index in [1.165, 1.54) is 13.2 Å². The first-order chi connectivity index (χ1) is 15.4. The molecule has 2 N–H and O–H groups in total. The third kappa shape index (κ3) is 5.78. The number of hydrogen-bond donors (Lipinski definition) is 2. The van der Waals surface area contributed by atoms with Crippen molar-refractivity contribution in [1.29, 1.82) is 0 Å². The van der Waals surface area contributed by atoms with Gasteiger partial charge in [-0.15, -0.1) is 0 Å². The van der Waals surface area contributed by atoms with Crippen LogP contribution in [0.2, 0.25) is 5.02 Å². The summed E-state index contributed by atoms with van der Waals surface area (Å²) in [6.07, 6.45) is 0. The van der Waals surface area contributed by atoms with Crippen molar-refractivity contribution in [2.24, 2.45) is 0 Å². The highest BCUT2D eigenvalue weighted by Gasteiger charge is 2.14. The molecule has 3 aromatic rings. The summed E-state index contributed by atoms with van der Waals surface area (Å²) in [5.74, 6) is 0.246. The minimum atomic E-state index is -0.452. The maximum atomic E-state index is 13.5. The summed E-state index contributed by atoms with van der Waals surface area (Å²) in [5.41, 5.74) is 3.23. The summed E-state index contributed by atoms with van der Waals surface area (Å²) in [6.45, 7) is 2.47. The number of nitrogens with one attached hydrogen (secondary N) is 1. The number of amides is 1. The Hall–Kier alpha value is -3.09. The van der Waals surface area contributed by atoms with Crippen LogP contribution in [0.25, 0.3) is 11.1 Å². The number of carbonyl (C=O) groups excluding carboxylic acids is 1. The average molecular weight is 458 g/mol. The monoisotopic (exact) mass is 457 g/mol. The van der Waals surface area contributed by atoms with Gasteiger partial charge in [-0.05, 0) is 52.9 Å². The van der Waals surface area contributed by atoms with E-state index >= 15 is 0 Å². The van der Waals surface area contributed by atoms with Gasteiger partial charge in [0.15, 0.2) is 11.5 Å². The zero-order valence-electron chi connectivity index (χ0n) is 17.9. The number of carbonyl (C=O) groups is 1. The molecule has 1 atom stereocenters. The fourth-order valence-electron chi connectivity index (χ4n) is 3.25. The van der Waals surface area contributed by atoms with E-state index < -0.39 is 5.82 Å². The van der Waals surface area contributed by atoms with E-state index in [1.807, 2.05) is 31.2 Å². The predicted molar refractivity (Wildman–Crippen MR) is 123 cm³/mol. The van der Waals surface area contributed by atoms with Crippen molar-refractivity contribution < 1.29 is 23.8 Å². The zero-order chi connectivity index (χ0) is 23.1. The number of benzene rings is 3. The first kappa shape index (κ1) is 23.6. The van der Waals surface area contributed by atoms with Crippen molar-refractivity contribution in [1.82, 2.24) is 5.32 Å². The lowest BCUT2D eigenvalue weighted by molar-refractivity contribution is 0.0951. The molecule has 0 bridgehead atoms. The molecule has 7 heteroatoms. The Morgan fingerprint density at radius 1 is 1.09 bits per heavy atom. The highest BCUT2D eigenvalue weighted by atomic mass is 35.5. The topological polar surface area (TPSA) is 67.8 Å². The number of ether oxygens (including phenoxy) is 2. The first-order valence-electron chi connectivity index (χ1n) is 10.2. The molecular formula is C25H25ClFNO4. The van der Waals surface area contributed by atoms with Crippen LogP contribution in [0.3, 0.4) is 0 Å². The molecule has 168 valence electrons. The second-order valence-electron chi connectivity index (χ2n) is 7.30. The van der Waals surface area contributed by atoms with Crippen LogP contribution in [0.4, 0.5) is 4.39 Å². The Kier molecular flexibility index (Phi) is 8.09. The Bertz CT molecular complexity index is 1090. The Balaban J connectivity index is 1.67. The lowest BCUT2D eigenvalue weighted by Crippen LogP contribution is -2.27. The van der Waals surface area contributed by atoms with E-state index in [9.17, 15) is 9.18 Å². The molecule has 0 heterocycles. The molecule has 3 aromatic carbocycles. The molecule has 0 spiro atoms. The van der Waals surface area contributed by atoms with Crippen LogP contribution in [-0.4, -0.2) is 37.9 Å². The fraction of sp³-hybridized carbons (Fsp3) is 0.240. The fourth-order valence-corrected chi connectivity index (χ4v) is 3.43. The number of methoxy groups -OCH3 is 1. The molecule has 32 heavy (non-hydrogen) atoms. The molecule has 0 aliphatic carbocycles. The van der Waals surface area contributed by atoms with Crippen molar-refractivity contribution in [3.05, 3.63) is 82.6 Å². The lowest BCUT2D eigenvalue weighted by atomic mass is 9.96. The molecular weight excluding hydrogens is 433 g/mol. The van der Waals surface area contributed by atoms with Gasteiger partial charge < -0.3 is 19.9 Å². The van der Waals surface area contributed by atoms with Gasteiger partial charge in [0.25, 0.3) is 5.91 Å². The second-order valence-corrected chi connectivity index (χ2v) is 7.71. The van der Waals surface area contributed by atoms with Gasteiger partial charge in [0.05, 0.1) is 18.7 Å². The van der Waals surface area contributed by atoms with Crippen LogP contribution in [0, 0.1) is 5.82 Å². The quantitative estimate of drug-likeness (QED) is 0.471. The largest absolute Gasteiger partial charge is 0.493 e. The molecule has 0 aliphatic rings. The van der Waals surface area contributed by atoms with Gasteiger partial charge in [-0.3, -0.25) is 4.79 Å². The van der Waals surface area contributed by atoms with Crippen molar-refractivity contribution >= 4 is 17.5 Å². The van der Waals surface area contributed by atoms with E-state index in [4.69, 9.17) is 26.2 Å². The van der Waals surface area contributed by atoms with Crippen LogP contribution < -0.4 is 14.8 Å². The summed E-state index contributed by atoms with van der Waals surface area (Å²) < 4.78 is 24.1. The molecule has 0 saturated heterocycles. The maximum Gasteiger partial charge on any atom is 0.251 e. The standard InChI is InChI=1S/C25H25ClFNO4/c1-16(17-4-3-5-18(12-17)19-6-8-22(27)21(26)13-19)15-28-25(30)20-7-9-23(32-11-10-29)24(14-20)31-2/h3-9,12-14,16,29H,10-11,15H2,1-2H3,(H,28,30). The van der Waals surface area contributed by atoms with Crippen molar-refractivity contribution in [2.75, 3.05) is 26.9 Å². The van der Waals surface area contributed by atoms with Gasteiger partial charge in [0.1, 0.15) is 12.4 Å². The van der Waals surface area contributed by atoms with Crippen molar-refractivity contribution in [3.8, 4) is 22.6 Å².